The van der Waals surface area contributed by atoms with Crippen LogP contribution in [0.3, 0.4) is 0 Å². The van der Waals surface area contributed by atoms with Gasteiger partial charge in [0.25, 0.3) is 0 Å². The van der Waals surface area contributed by atoms with Crippen LogP contribution in [0.25, 0.3) is 0 Å². The molecular formula is C14H27BO2. The zero-order valence-electron chi connectivity index (χ0n) is 12.1. The SMILES string of the molecule is CCCCC/C=C/CB1OC(C)(C)C(C)(C)O1. The van der Waals surface area contributed by atoms with Crippen LogP contribution < -0.4 is 0 Å². The van der Waals surface area contributed by atoms with Crippen LogP contribution in [0.2, 0.25) is 6.32 Å². The molecule has 2 nitrogen and oxygen atoms in total. The Hall–Kier alpha value is -0.275. The third kappa shape index (κ3) is 4.15. The fraction of sp³-hybridized carbons (Fsp3) is 0.857. The summed E-state index contributed by atoms with van der Waals surface area (Å²) in [5, 5.41) is 0. The minimum atomic E-state index is -0.201. The van der Waals surface area contributed by atoms with Crippen molar-refractivity contribution in [2.75, 3.05) is 0 Å². The lowest BCUT2D eigenvalue weighted by atomic mass is 9.85. The van der Waals surface area contributed by atoms with Crippen LogP contribution in [0.5, 0.6) is 0 Å². The zero-order valence-corrected chi connectivity index (χ0v) is 12.1. The lowest BCUT2D eigenvalue weighted by molar-refractivity contribution is 0.00578. The van der Waals surface area contributed by atoms with Crippen molar-refractivity contribution in [1.82, 2.24) is 0 Å². The van der Waals surface area contributed by atoms with Crippen molar-refractivity contribution in [2.24, 2.45) is 0 Å². The van der Waals surface area contributed by atoms with Gasteiger partial charge < -0.3 is 9.31 Å². The summed E-state index contributed by atoms with van der Waals surface area (Å²) >= 11 is 0. The first-order chi connectivity index (χ1) is 7.89. The van der Waals surface area contributed by atoms with Crippen LogP contribution in [-0.4, -0.2) is 18.3 Å². The van der Waals surface area contributed by atoms with Gasteiger partial charge in [0.2, 0.25) is 0 Å². The first-order valence-electron chi connectivity index (χ1n) is 6.89. The van der Waals surface area contributed by atoms with Crippen molar-refractivity contribution in [3.63, 3.8) is 0 Å². The Labute approximate surface area is 107 Å². The molecule has 0 aromatic rings. The molecule has 0 bridgehead atoms. The predicted octanol–water partition coefficient (Wildman–Crippen LogP) is 4.22. The second-order valence-corrected chi connectivity index (χ2v) is 5.89. The summed E-state index contributed by atoms with van der Waals surface area (Å²) in [7, 11) is -0.0811. The molecule has 98 valence electrons. The van der Waals surface area contributed by atoms with Crippen LogP contribution in [0.1, 0.15) is 60.3 Å². The second kappa shape index (κ2) is 6.06. The van der Waals surface area contributed by atoms with Gasteiger partial charge in [-0.25, -0.2) is 0 Å². The monoisotopic (exact) mass is 238 g/mol. The smallest absolute Gasteiger partial charge is 0.403 e. The molecule has 0 atom stereocenters. The van der Waals surface area contributed by atoms with Gasteiger partial charge in [-0.15, -0.1) is 0 Å². The van der Waals surface area contributed by atoms with Gasteiger partial charge in [0.1, 0.15) is 0 Å². The Kier molecular flexibility index (Phi) is 5.27. The topological polar surface area (TPSA) is 18.5 Å². The summed E-state index contributed by atoms with van der Waals surface area (Å²) in [5.74, 6) is 0. The van der Waals surface area contributed by atoms with Crippen LogP contribution in [0, 0.1) is 0 Å². The van der Waals surface area contributed by atoms with E-state index in [-0.39, 0.29) is 18.3 Å². The molecule has 1 rings (SSSR count). The number of hydrogen-bond acceptors (Lipinski definition) is 2. The van der Waals surface area contributed by atoms with E-state index < -0.39 is 0 Å². The average molecular weight is 238 g/mol. The average Bonchev–Trinajstić information content (AvgIpc) is 2.41. The molecule has 0 aliphatic carbocycles. The van der Waals surface area contributed by atoms with Crippen molar-refractivity contribution in [3.8, 4) is 0 Å². The fourth-order valence-electron chi connectivity index (χ4n) is 1.90. The minimum Gasteiger partial charge on any atom is -0.403 e. The molecule has 0 amide bonds. The van der Waals surface area contributed by atoms with E-state index in [2.05, 4.69) is 46.8 Å². The van der Waals surface area contributed by atoms with Crippen molar-refractivity contribution in [2.45, 2.75) is 77.8 Å². The summed E-state index contributed by atoms with van der Waals surface area (Å²) in [5.41, 5.74) is -0.401. The molecule has 17 heavy (non-hydrogen) atoms. The Morgan fingerprint density at radius 1 is 0.941 bits per heavy atom. The van der Waals surface area contributed by atoms with Gasteiger partial charge in [-0.2, -0.15) is 0 Å². The van der Waals surface area contributed by atoms with E-state index in [4.69, 9.17) is 9.31 Å². The highest BCUT2D eigenvalue weighted by Gasteiger charge is 2.50. The molecule has 1 fully saturated rings. The third-order valence-corrected chi connectivity index (χ3v) is 3.77. The maximum absolute atomic E-state index is 5.92. The van der Waals surface area contributed by atoms with Gasteiger partial charge >= 0.3 is 7.12 Å². The summed E-state index contributed by atoms with van der Waals surface area (Å²) in [6, 6.07) is 0. The number of unbranched alkanes of at least 4 members (excludes halogenated alkanes) is 3. The Balaban J connectivity index is 2.26. The summed E-state index contributed by atoms with van der Waals surface area (Å²) < 4.78 is 11.8. The van der Waals surface area contributed by atoms with Crippen molar-refractivity contribution >= 4 is 7.12 Å². The van der Waals surface area contributed by atoms with Gasteiger partial charge in [0, 0.05) is 6.32 Å². The largest absolute Gasteiger partial charge is 0.461 e. The van der Waals surface area contributed by atoms with E-state index in [0.29, 0.717) is 0 Å². The molecule has 3 heteroatoms. The Morgan fingerprint density at radius 2 is 1.53 bits per heavy atom. The molecular weight excluding hydrogens is 211 g/mol. The number of rotatable bonds is 6. The van der Waals surface area contributed by atoms with Gasteiger partial charge in [0.05, 0.1) is 11.2 Å². The van der Waals surface area contributed by atoms with E-state index in [1.54, 1.807) is 0 Å². The lowest BCUT2D eigenvalue weighted by Crippen LogP contribution is -2.41. The Bertz CT molecular complexity index is 243. The Morgan fingerprint density at radius 3 is 2.06 bits per heavy atom. The first-order valence-corrected chi connectivity index (χ1v) is 6.89. The molecule has 1 aliphatic rings. The van der Waals surface area contributed by atoms with Crippen molar-refractivity contribution < 1.29 is 9.31 Å². The van der Waals surface area contributed by atoms with Gasteiger partial charge in [-0.3, -0.25) is 0 Å². The zero-order chi connectivity index (χ0) is 12.9. The first kappa shape index (κ1) is 14.8. The van der Waals surface area contributed by atoms with Gasteiger partial charge in [-0.1, -0.05) is 31.9 Å². The maximum Gasteiger partial charge on any atom is 0.461 e. The highest BCUT2D eigenvalue weighted by molar-refractivity contribution is 6.46. The van der Waals surface area contributed by atoms with Crippen LogP contribution in [-0.2, 0) is 9.31 Å². The number of hydrogen-bond donors (Lipinski definition) is 0. The van der Waals surface area contributed by atoms with Gasteiger partial charge in [-0.05, 0) is 40.5 Å². The molecule has 1 aliphatic heterocycles. The highest BCUT2D eigenvalue weighted by Crippen LogP contribution is 2.37. The molecule has 0 unspecified atom stereocenters. The van der Waals surface area contributed by atoms with Crippen molar-refractivity contribution in [1.29, 1.82) is 0 Å². The molecule has 0 spiro atoms. The molecule has 0 N–H and O–H groups in total. The standard InChI is InChI=1S/C14H27BO2/c1-6-7-8-9-10-11-12-15-16-13(2,3)14(4,5)17-15/h10-11H,6-9,12H2,1-5H3/b11-10+. The molecule has 0 saturated carbocycles. The summed E-state index contributed by atoms with van der Waals surface area (Å²) in [6.45, 7) is 10.6. The summed E-state index contributed by atoms with van der Waals surface area (Å²) in [4.78, 5) is 0. The maximum atomic E-state index is 5.92. The third-order valence-electron chi connectivity index (χ3n) is 3.77. The van der Waals surface area contributed by atoms with Gasteiger partial charge in [0.15, 0.2) is 0 Å². The van der Waals surface area contributed by atoms with Crippen LogP contribution in [0.4, 0.5) is 0 Å². The normalized spacial score (nSPS) is 22.5. The highest BCUT2D eigenvalue weighted by atomic mass is 16.7. The minimum absolute atomic E-state index is 0.0811. The van der Waals surface area contributed by atoms with E-state index in [9.17, 15) is 0 Å². The second-order valence-electron chi connectivity index (χ2n) is 5.89. The molecule has 1 heterocycles. The van der Waals surface area contributed by atoms with E-state index in [1.165, 1.54) is 25.7 Å². The van der Waals surface area contributed by atoms with E-state index >= 15 is 0 Å². The number of allylic oxidation sites excluding steroid dienone is 2. The molecule has 0 aromatic carbocycles. The van der Waals surface area contributed by atoms with E-state index in [0.717, 1.165) is 6.32 Å². The predicted molar refractivity (Wildman–Crippen MR) is 74.2 cm³/mol. The van der Waals surface area contributed by atoms with E-state index in [1.807, 2.05) is 0 Å². The fourth-order valence-corrected chi connectivity index (χ4v) is 1.90. The lowest BCUT2D eigenvalue weighted by Gasteiger charge is -2.32. The quantitative estimate of drug-likeness (QED) is 0.392. The van der Waals surface area contributed by atoms with Crippen molar-refractivity contribution in [3.05, 3.63) is 12.2 Å². The molecule has 0 aromatic heterocycles. The van der Waals surface area contributed by atoms with Crippen LogP contribution >= 0.6 is 0 Å². The summed E-state index contributed by atoms with van der Waals surface area (Å²) in [6.07, 6.45) is 10.4. The molecule has 1 saturated heterocycles. The van der Waals surface area contributed by atoms with Crippen LogP contribution in [0.15, 0.2) is 12.2 Å². The molecule has 0 radical (unpaired) electrons.